The molecule has 0 aromatic carbocycles. The number of amides is 1. The van der Waals surface area contributed by atoms with Crippen molar-refractivity contribution in [1.82, 2.24) is 19.1 Å². The molecule has 0 saturated heterocycles. The first kappa shape index (κ1) is 23.3. The molecule has 0 bridgehead atoms. The lowest BCUT2D eigenvalue weighted by Gasteiger charge is -2.08. The second-order valence-corrected chi connectivity index (χ2v) is 8.42. The van der Waals surface area contributed by atoms with Crippen LogP contribution in [0.1, 0.15) is 71.1 Å². The standard InChI is InChI=1S/C20H33N5O3S/c1-3-4-5-6-7-8-9-10-11-12-13-25-16-17(22-20(25)29-14-15(21)26)24(2)19(28)23-18(16)27/h3-14H2,1-2H3,(H2,21,26)(H,23,27,28). The van der Waals surface area contributed by atoms with E-state index in [4.69, 9.17) is 5.73 Å². The van der Waals surface area contributed by atoms with Crippen LogP contribution >= 0.6 is 11.8 Å². The minimum Gasteiger partial charge on any atom is -0.369 e. The predicted molar refractivity (Wildman–Crippen MR) is 117 cm³/mol. The number of fused-ring (bicyclic) bond motifs is 1. The Labute approximate surface area is 175 Å². The third-order valence-electron chi connectivity index (χ3n) is 5.05. The molecule has 0 aliphatic heterocycles. The van der Waals surface area contributed by atoms with Gasteiger partial charge in [0.1, 0.15) is 0 Å². The van der Waals surface area contributed by atoms with Gasteiger partial charge in [0.15, 0.2) is 16.3 Å². The molecular formula is C20H33N5O3S. The van der Waals surface area contributed by atoms with Crippen LogP contribution in [-0.4, -0.2) is 30.8 Å². The zero-order valence-corrected chi connectivity index (χ0v) is 18.4. The van der Waals surface area contributed by atoms with Gasteiger partial charge < -0.3 is 10.3 Å². The van der Waals surface area contributed by atoms with E-state index in [9.17, 15) is 14.4 Å². The van der Waals surface area contributed by atoms with E-state index in [2.05, 4.69) is 16.9 Å². The van der Waals surface area contributed by atoms with Crippen molar-refractivity contribution in [2.75, 3.05) is 5.75 Å². The number of nitrogens with zero attached hydrogens (tertiary/aromatic N) is 3. The van der Waals surface area contributed by atoms with Crippen molar-refractivity contribution >= 4 is 28.8 Å². The summed E-state index contributed by atoms with van der Waals surface area (Å²) in [5, 5.41) is 0.543. The maximum absolute atomic E-state index is 12.4. The Bertz CT molecular complexity index is 915. The Balaban J connectivity index is 1.97. The van der Waals surface area contributed by atoms with E-state index in [-0.39, 0.29) is 5.75 Å². The van der Waals surface area contributed by atoms with Gasteiger partial charge in [-0.2, -0.15) is 0 Å². The number of hydrogen-bond acceptors (Lipinski definition) is 5. The third kappa shape index (κ3) is 6.76. The first-order valence-corrected chi connectivity index (χ1v) is 11.5. The molecule has 29 heavy (non-hydrogen) atoms. The molecule has 2 aromatic heterocycles. The fourth-order valence-corrected chi connectivity index (χ4v) is 4.19. The summed E-state index contributed by atoms with van der Waals surface area (Å²) in [6, 6.07) is 0. The van der Waals surface area contributed by atoms with Gasteiger partial charge in [-0.25, -0.2) is 9.78 Å². The number of nitrogens with one attached hydrogen (secondary N) is 1. The minimum absolute atomic E-state index is 0.0766. The number of nitrogens with two attached hydrogens (primary N) is 1. The average Bonchev–Trinajstić information content (AvgIpc) is 3.05. The fraction of sp³-hybridized carbons (Fsp3) is 0.700. The van der Waals surface area contributed by atoms with Crippen LogP contribution in [0.15, 0.2) is 14.7 Å². The molecule has 0 fully saturated rings. The third-order valence-corrected chi connectivity index (χ3v) is 6.05. The summed E-state index contributed by atoms with van der Waals surface area (Å²) in [4.78, 5) is 42.2. The van der Waals surface area contributed by atoms with Gasteiger partial charge >= 0.3 is 5.69 Å². The van der Waals surface area contributed by atoms with Gasteiger partial charge in [0.05, 0.1) is 5.75 Å². The van der Waals surface area contributed by atoms with Gasteiger partial charge in [-0.1, -0.05) is 76.5 Å². The Hall–Kier alpha value is -2.03. The number of thioether (sulfide) groups is 1. The molecule has 0 radical (unpaired) electrons. The van der Waals surface area contributed by atoms with Crippen molar-refractivity contribution in [2.45, 2.75) is 82.8 Å². The molecule has 8 nitrogen and oxygen atoms in total. The van der Waals surface area contributed by atoms with Crippen LogP contribution < -0.4 is 17.0 Å². The Kier molecular flexibility index (Phi) is 9.50. The molecule has 162 valence electrons. The number of unbranched alkanes of at least 4 members (excludes halogenated alkanes) is 9. The van der Waals surface area contributed by atoms with Crippen LogP contribution in [0.5, 0.6) is 0 Å². The average molecular weight is 424 g/mol. The van der Waals surface area contributed by atoms with Crippen molar-refractivity contribution in [3.63, 3.8) is 0 Å². The summed E-state index contributed by atoms with van der Waals surface area (Å²) in [5.74, 6) is -0.372. The summed E-state index contributed by atoms with van der Waals surface area (Å²) >= 11 is 1.19. The van der Waals surface area contributed by atoms with E-state index in [1.807, 2.05) is 4.57 Å². The molecule has 0 unspecified atom stereocenters. The molecule has 2 aromatic rings. The van der Waals surface area contributed by atoms with E-state index in [1.54, 1.807) is 7.05 Å². The maximum atomic E-state index is 12.4. The summed E-state index contributed by atoms with van der Waals surface area (Å²) in [5.41, 5.74) is 5.00. The van der Waals surface area contributed by atoms with Gasteiger partial charge in [-0.3, -0.25) is 19.1 Å². The molecule has 1 amide bonds. The highest BCUT2D eigenvalue weighted by molar-refractivity contribution is 7.99. The quantitative estimate of drug-likeness (QED) is 0.358. The van der Waals surface area contributed by atoms with E-state index in [1.165, 1.54) is 67.7 Å². The van der Waals surface area contributed by atoms with E-state index >= 15 is 0 Å². The topological polar surface area (TPSA) is 116 Å². The van der Waals surface area contributed by atoms with E-state index < -0.39 is 17.2 Å². The van der Waals surface area contributed by atoms with E-state index in [0.717, 1.165) is 12.8 Å². The van der Waals surface area contributed by atoms with Gasteiger partial charge in [0, 0.05) is 13.6 Å². The van der Waals surface area contributed by atoms with Crippen LogP contribution in [0.25, 0.3) is 11.2 Å². The van der Waals surface area contributed by atoms with Crippen LogP contribution in [-0.2, 0) is 18.4 Å². The maximum Gasteiger partial charge on any atom is 0.329 e. The summed E-state index contributed by atoms with van der Waals surface area (Å²) in [7, 11) is 1.57. The second kappa shape index (κ2) is 11.8. The zero-order valence-electron chi connectivity index (χ0n) is 17.5. The normalized spacial score (nSPS) is 11.4. The molecule has 0 spiro atoms. The number of aromatic nitrogens is 4. The Morgan fingerprint density at radius 2 is 1.62 bits per heavy atom. The number of aryl methyl sites for hydroxylation is 2. The highest BCUT2D eigenvalue weighted by atomic mass is 32.2. The van der Waals surface area contributed by atoms with E-state index in [0.29, 0.717) is 22.9 Å². The number of H-pyrrole nitrogens is 1. The smallest absolute Gasteiger partial charge is 0.329 e. The van der Waals surface area contributed by atoms with Crippen molar-refractivity contribution in [2.24, 2.45) is 12.8 Å². The van der Waals surface area contributed by atoms with Gasteiger partial charge in [0.25, 0.3) is 5.56 Å². The van der Waals surface area contributed by atoms with Crippen molar-refractivity contribution < 1.29 is 4.79 Å². The molecule has 2 rings (SSSR count). The summed E-state index contributed by atoms with van der Waals surface area (Å²) < 4.78 is 3.13. The molecule has 0 aliphatic carbocycles. The molecule has 0 saturated carbocycles. The molecule has 9 heteroatoms. The summed E-state index contributed by atoms with van der Waals surface area (Å²) in [6.45, 7) is 2.85. The van der Waals surface area contributed by atoms with Crippen molar-refractivity contribution in [3.8, 4) is 0 Å². The first-order chi connectivity index (χ1) is 14.0. The fourth-order valence-electron chi connectivity index (χ4n) is 3.43. The zero-order chi connectivity index (χ0) is 21.2. The lowest BCUT2D eigenvalue weighted by atomic mass is 10.1. The molecule has 2 heterocycles. The Morgan fingerprint density at radius 3 is 2.21 bits per heavy atom. The summed E-state index contributed by atoms with van der Waals surface area (Å²) in [6.07, 6.45) is 12.2. The largest absolute Gasteiger partial charge is 0.369 e. The second-order valence-electron chi connectivity index (χ2n) is 7.47. The van der Waals surface area contributed by atoms with Crippen molar-refractivity contribution in [1.29, 1.82) is 0 Å². The van der Waals surface area contributed by atoms with Crippen LogP contribution in [0, 0.1) is 0 Å². The predicted octanol–water partition coefficient (Wildman–Crippen LogP) is 2.92. The number of primary amides is 1. The minimum atomic E-state index is -0.502. The first-order valence-electron chi connectivity index (χ1n) is 10.6. The van der Waals surface area contributed by atoms with Crippen LogP contribution in [0.3, 0.4) is 0 Å². The molecule has 0 atom stereocenters. The van der Waals surface area contributed by atoms with Gasteiger partial charge in [-0.15, -0.1) is 0 Å². The van der Waals surface area contributed by atoms with Crippen LogP contribution in [0.2, 0.25) is 0 Å². The lowest BCUT2D eigenvalue weighted by molar-refractivity contribution is -0.115. The van der Waals surface area contributed by atoms with Gasteiger partial charge in [-0.05, 0) is 6.42 Å². The number of rotatable bonds is 14. The van der Waals surface area contributed by atoms with Gasteiger partial charge in [0.2, 0.25) is 5.91 Å². The number of hydrogen-bond donors (Lipinski definition) is 2. The number of imidazole rings is 1. The number of carbonyl (C=O) groups excluding carboxylic acids is 1. The molecule has 0 aliphatic rings. The number of aromatic amines is 1. The highest BCUT2D eigenvalue weighted by Crippen LogP contribution is 2.22. The number of carbonyl (C=O) groups is 1. The van der Waals surface area contributed by atoms with Crippen molar-refractivity contribution in [3.05, 3.63) is 20.8 Å². The highest BCUT2D eigenvalue weighted by Gasteiger charge is 2.17. The lowest BCUT2D eigenvalue weighted by Crippen LogP contribution is -2.29. The SMILES string of the molecule is CCCCCCCCCCCCn1c(SCC(N)=O)nc2c1c(=O)[nH]c(=O)n2C. The Morgan fingerprint density at radius 1 is 1.03 bits per heavy atom. The molecular weight excluding hydrogens is 390 g/mol. The molecule has 3 N–H and O–H groups in total. The van der Waals surface area contributed by atoms with Crippen LogP contribution in [0.4, 0.5) is 0 Å². The monoisotopic (exact) mass is 423 g/mol.